The Morgan fingerprint density at radius 2 is 2.12 bits per heavy atom. The second kappa shape index (κ2) is 11.6. The van der Waals surface area contributed by atoms with Crippen molar-refractivity contribution in [2.45, 2.75) is 19.3 Å². The number of esters is 1. The Morgan fingerprint density at radius 3 is 2.65 bits per heavy atom. The molecule has 0 fully saturated rings. The summed E-state index contributed by atoms with van der Waals surface area (Å²) < 4.78 is 4.33. The first-order valence-electron chi connectivity index (χ1n) is 4.59. The van der Waals surface area contributed by atoms with E-state index >= 15 is 0 Å². The molecule has 1 radical (unpaired) electrons. The van der Waals surface area contributed by atoms with Crippen molar-refractivity contribution in [1.29, 1.82) is 0 Å². The quantitative estimate of drug-likeness (QED) is 0.133. The zero-order chi connectivity index (χ0) is 12.4. The zero-order valence-corrected chi connectivity index (χ0v) is 12.4. The van der Waals surface area contributed by atoms with Gasteiger partial charge in [0.05, 0.1) is 7.11 Å². The molecule has 0 aromatic carbocycles. The van der Waals surface area contributed by atoms with Crippen molar-refractivity contribution in [3.63, 3.8) is 0 Å². The largest absolute Gasteiger partial charge is 0.481 e. The van der Waals surface area contributed by atoms with Crippen molar-refractivity contribution in [1.82, 2.24) is 0 Å². The van der Waals surface area contributed by atoms with Gasteiger partial charge in [-0.05, 0) is 0 Å². The number of ether oxygens (including phenoxy) is 1. The fraction of sp³-hybridized carbons (Fsp3) is 0.364. The van der Waals surface area contributed by atoms with Gasteiger partial charge in [-0.15, -0.1) is 6.42 Å². The van der Waals surface area contributed by atoms with Crippen molar-refractivity contribution in [3.8, 4) is 0 Å². The zero-order valence-electron chi connectivity index (χ0n) is 9.55. The van der Waals surface area contributed by atoms with Gasteiger partial charge >= 0.3 is 6.21 Å². The number of allylic oxidation sites excluding steroid dienone is 2. The molecular formula is C11H12N2O3Y-2. The van der Waals surface area contributed by atoms with Crippen LogP contribution in [0.4, 0.5) is 0 Å². The maximum atomic E-state index is 10.9. The van der Waals surface area contributed by atoms with Crippen LogP contribution in [0.3, 0.4) is 0 Å². The van der Waals surface area contributed by atoms with E-state index in [1.807, 2.05) is 0 Å². The molecule has 0 atom stereocenters. The predicted molar refractivity (Wildman–Crippen MR) is 56.2 cm³/mol. The minimum atomic E-state index is -0.605. The summed E-state index contributed by atoms with van der Waals surface area (Å²) in [7, 11) is 1.24. The third-order valence-corrected chi connectivity index (χ3v) is 1.65. The summed E-state index contributed by atoms with van der Waals surface area (Å²) in [4.78, 5) is 24.1. The number of Topliss-reactive ketones (excluding diaryl/α,β-unsaturated/α-hetero) is 1. The van der Waals surface area contributed by atoms with E-state index in [0.717, 1.165) is 6.21 Å². The van der Waals surface area contributed by atoms with Crippen LogP contribution >= 0.6 is 0 Å². The first-order chi connectivity index (χ1) is 7.60. The van der Waals surface area contributed by atoms with Crippen molar-refractivity contribution >= 4 is 18.0 Å². The molecule has 6 heteroatoms. The molecule has 0 aromatic heterocycles. The van der Waals surface area contributed by atoms with E-state index in [-0.39, 0.29) is 44.9 Å². The second-order valence-corrected chi connectivity index (χ2v) is 2.92. The number of carbonyl (C=O) groups excluding carboxylic acids is 2. The Hall–Kier alpha value is -0.896. The number of methoxy groups -OCH3 is 1. The number of ketones is 1. The number of carbonyl (C=O) groups is 2. The van der Waals surface area contributed by atoms with Gasteiger partial charge in [0.1, 0.15) is 0 Å². The third kappa shape index (κ3) is 11.4. The molecule has 0 aliphatic heterocycles. The monoisotopic (exact) mass is 309 g/mol. The molecule has 0 saturated heterocycles. The summed E-state index contributed by atoms with van der Waals surface area (Å²) in [6.07, 6.45) is 5.65. The molecule has 0 aromatic rings. The van der Waals surface area contributed by atoms with Crippen LogP contribution in [0.25, 0.3) is 5.53 Å². The fourth-order valence-electron chi connectivity index (χ4n) is 0.878. The van der Waals surface area contributed by atoms with Crippen LogP contribution in [-0.4, -0.2) is 29.9 Å². The van der Waals surface area contributed by atoms with E-state index < -0.39 is 5.97 Å². The number of rotatable bonds is 7. The van der Waals surface area contributed by atoms with Gasteiger partial charge < -0.3 is 28.5 Å². The molecule has 0 rings (SSSR count). The minimum Gasteiger partial charge on any atom is -0.481 e. The van der Waals surface area contributed by atoms with Crippen LogP contribution in [0.15, 0.2) is 11.6 Å². The Balaban J connectivity index is 0. The van der Waals surface area contributed by atoms with E-state index in [0.29, 0.717) is 18.4 Å². The molecule has 5 nitrogen and oxygen atoms in total. The molecule has 0 N–H and O–H groups in total. The molecule has 0 aliphatic carbocycles. The Bertz CT molecular complexity index is 358. The van der Waals surface area contributed by atoms with Gasteiger partial charge in [-0.25, -0.2) is 0 Å². The topological polar surface area (TPSA) is 79.8 Å². The van der Waals surface area contributed by atoms with Crippen molar-refractivity contribution in [2.24, 2.45) is 0 Å². The second-order valence-electron chi connectivity index (χ2n) is 2.92. The minimum absolute atomic E-state index is 0. The van der Waals surface area contributed by atoms with Crippen molar-refractivity contribution < 1.29 is 51.8 Å². The van der Waals surface area contributed by atoms with Gasteiger partial charge in [0.15, 0.2) is 0 Å². The fourth-order valence-corrected chi connectivity index (χ4v) is 0.878. The van der Waals surface area contributed by atoms with Crippen molar-refractivity contribution in [3.05, 3.63) is 29.8 Å². The van der Waals surface area contributed by atoms with E-state index in [1.54, 1.807) is 0 Å². The smallest absolute Gasteiger partial charge is 0.323 e. The third-order valence-electron chi connectivity index (χ3n) is 1.65. The summed E-state index contributed by atoms with van der Waals surface area (Å²) in [5, 5.41) is 0. The van der Waals surface area contributed by atoms with Crippen LogP contribution in [0.1, 0.15) is 19.3 Å². The normalized spacial score (nSPS) is 9.00. The summed E-state index contributed by atoms with van der Waals surface area (Å²) in [5.41, 5.74) is 8.50. The molecular weight excluding hydrogens is 297 g/mol. The molecule has 0 aliphatic rings. The van der Waals surface area contributed by atoms with Crippen LogP contribution < -0.4 is 0 Å². The summed E-state index contributed by atoms with van der Waals surface area (Å²) in [5.74, 6) is -0.886. The van der Waals surface area contributed by atoms with Gasteiger partial charge in [-0.3, -0.25) is 15.7 Å². The Kier molecular flexibility index (Phi) is 12.6. The molecule has 89 valence electrons. The number of hydrogen-bond donors (Lipinski definition) is 0. The molecule has 0 saturated carbocycles. The van der Waals surface area contributed by atoms with Gasteiger partial charge in [-0.1, -0.05) is 6.42 Å². The van der Waals surface area contributed by atoms with E-state index in [4.69, 9.17) is 12.1 Å². The molecule has 0 heterocycles. The maximum absolute atomic E-state index is 10.9. The van der Waals surface area contributed by atoms with Crippen LogP contribution in [0.5, 0.6) is 0 Å². The Morgan fingerprint density at radius 1 is 1.47 bits per heavy atom. The summed E-state index contributed by atoms with van der Waals surface area (Å²) >= 11 is 0. The predicted octanol–water partition coefficient (Wildman–Crippen LogP) is 0.916. The van der Waals surface area contributed by atoms with Gasteiger partial charge in [0.2, 0.25) is 11.8 Å². The SMILES string of the molecule is [CH-]=C(C=[C-]C(=O)OC)CCCC(=O)C=[N+]=[N-].[Y]. The standard InChI is InChI=1S/C11H12N2O3.Y/c1-9(6-7-11(15)16-2)4-3-5-10(14)8-13-12;/h1,6,8H,3-5H2,2H3;/q-2;. The van der Waals surface area contributed by atoms with Crippen LogP contribution in [0.2, 0.25) is 0 Å². The van der Waals surface area contributed by atoms with Gasteiger partial charge in [-0.2, -0.15) is 4.79 Å². The molecule has 0 amide bonds. The van der Waals surface area contributed by atoms with Crippen LogP contribution in [-0.2, 0) is 47.0 Å². The molecule has 0 unspecified atom stereocenters. The van der Waals surface area contributed by atoms with Gasteiger partial charge in [0.25, 0.3) is 0 Å². The van der Waals surface area contributed by atoms with Gasteiger partial charge in [0, 0.05) is 39.1 Å². The maximum Gasteiger partial charge on any atom is 0.323 e. The average molecular weight is 309 g/mol. The van der Waals surface area contributed by atoms with Crippen molar-refractivity contribution in [2.75, 3.05) is 7.11 Å². The first-order valence-corrected chi connectivity index (χ1v) is 4.59. The van der Waals surface area contributed by atoms with Crippen LogP contribution in [0, 0.1) is 12.7 Å². The number of nitrogens with zero attached hydrogens (tertiary/aromatic N) is 2. The van der Waals surface area contributed by atoms with E-state index in [2.05, 4.69) is 15.6 Å². The molecule has 0 spiro atoms. The molecule has 0 bridgehead atoms. The summed E-state index contributed by atoms with van der Waals surface area (Å²) in [6, 6.07) is 0. The number of hydrogen-bond acceptors (Lipinski definition) is 3. The van der Waals surface area contributed by atoms with E-state index in [9.17, 15) is 9.59 Å². The van der Waals surface area contributed by atoms with E-state index in [1.165, 1.54) is 13.2 Å². The summed E-state index contributed by atoms with van der Waals surface area (Å²) in [6.45, 7) is 5.53. The Labute approximate surface area is 125 Å². The molecule has 17 heavy (non-hydrogen) atoms. The first kappa shape index (κ1) is 18.5. The average Bonchev–Trinajstić information content (AvgIpc) is 2.26.